The van der Waals surface area contributed by atoms with E-state index in [1.54, 1.807) is 25.1 Å². The molecule has 1 aliphatic carbocycles. The van der Waals surface area contributed by atoms with Gasteiger partial charge in [0.05, 0.1) is 12.8 Å². The van der Waals surface area contributed by atoms with Crippen LogP contribution in [0, 0.1) is 18.7 Å². The van der Waals surface area contributed by atoms with Crippen LogP contribution in [0.2, 0.25) is 0 Å². The molecule has 8 nitrogen and oxygen atoms in total. The molecule has 0 bridgehead atoms. The molecular formula is C23H27ClFN5O3. The van der Waals surface area contributed by atoms with Gasteiger partial charge < -0.3 is 14.9 Å². The minimum atomic E-state index is -0.453. The summed E-state index contributed by atoms with van der Waals surface area (Å²) in [5.74, 6) is 0.216. The highest BCUT2D eigenvalue weighted by Crippen LogP contribution is 2.33. The van der Waals surface area contributed by atoms with Gasteiger partial charge in [0.15, 0.2) is 11.6 Å². The number of hydrogen-bond acceptors (Lipinski definition) is 7. The Morgan fingerprint density at radius 2 is 2.03 bits per heavy atom. The molecule has 1 atom stereocenters. The van der Waals surface area contributed by atoms with E-state index in [9.17, 15) is 9.18 Å². The van der Waals surface area contributed by atoms with E-state index in [0.717, 1.165) is 31.4 Å². The maximum atomic E-state index is 13.6. The lowest BCUT2D eigenvalue weighted by atomic mass is 9.81. The monoisotopic (exact) mass is 475 g/mol. The molecule has 1 amide bonds. The van der Waals surface area contributed by atoms with Gasteiger partial charge in [-0.15, -0.1) is 0 Å². The summed E-state index contributed by atoms with van der Waals surface area (Å²) in [6.45, 7) is 1.94. The van der Waals surface area contributed by atoms with Crippen molar-refractivity contribution in [1.29, 1.82) is 0 Å². The number of carbonyl (C=O) groups excluding carboxylic acids is 1. The molecule has 1 unspecified atom stereocenters. The molecule has 1 aliphatic heterocycles. The van der Waals surface area contributed by atoms with Crippen LogP contribution in [0.25, 0.3) is 0 Å². The molecule has 4 rings (SSSR count). The zero-order chi connectivity index (χ0) is 23.4. The summed E-state index contributed by atoms with van der Waals surface area (Å²) >= 11 is 5.75. The smallest absolute Gasteiger partial charge is 0.270 e. The molecule has 2 aromatic rings. The average Bonchev–Trinajstić information content (AvgIpc) is 3.33. The van der Waals surface area contributed by atoms with Gasteiger partial charge in [-0.05, 0) is 74.1 Å². The van der Waals surface area contributed by atoms with Crippen molar-refractivity contribution in [2.45, 2.75) is 57.7 Å². The van der Waals surface area contributed by atoms with Crippen LogP contribution < -0.4 is 14.9 Å². The summed E-state index contributed by atoms with van der Waals surface area (Å²) in [7, 11) is 1.40. The SMILES string of the molecule is COc1cc(CNC(=O)c2cc(C3=NOC(C4CCC(NCl)CC4)C3)nc(C)n2)ccc1F. The van der Waals surface area contributed by atoms with Crippen molar-refractivity contribution in [2.24, 2.45) is 11.1 Å². The first-order valence-electron chi connectivity index (χ1n) is 11.0. The molecule has 2 N–H and O–H groups in total. The quantitative estimate of drug-likeness (QED) is 0.593. The van der Waals surface area contributed by atoms with Gasteiger partial charge in [-0.25, -0.2) is 19.2 Å². The van der Waals surface area contributed by atoms with E-state index in [4.69, 9.17) is 21.4 Å². The molecule has 2 aliphatic rings. The van der Waals surface area contributed by atoms with Crippen LogP contribution in [-0.2, 0) is 11.4 Å². The van der Waals surface area contributed by atoms with Gasteiger partial charge in [0.25, 0.3) is 5.91 Å². The molecule has 33 heavy (non-hydrogen) atoms. The first-order valence-corrected chi connectivity index (χ1v) is 11.4. The third kappa shape index (κ3) is 5.59. The Balaban J connectivity index is 1.39. The molecule has 1 aromatic heterocycles. The number of halogens is 2. The summed E-state index contributed by atoms with van der Waals surface area (Å²) < 4.78 is 18.6. The minimum Gasteiger partial charge on any atom is -0.494 e. The molecule has 176 valence electrons. The van der Waals surface area contributed by atoms with E-state index >= 15 is 0 Å². The van der Waals surface area contributed by atoms with Gasteiger partial charge in [-0.1, -0.05) is 11.2 Å². The summed E-state index contributed by atoms with van der Waals surface area (Å²) in [6.07, 6.45) is 4.75. The Kier molecular flexibility index (Phi) is 7.39. The fourth-order valence-corrected chi connectivity index (χ4v) is 4.54. The van der Waals surface area contributed by atoms with Gasteiger partial charge in [-0.3, -0.25) is 4.79 Å². The number of ether oxygens (including phenoxy) is 1. The summed E-state index contributed by atoms with van der Waals surface area (Å²) in [4.78, 5) is 30.0. The lowest BCUT2D eigenvalue weighted by Gasteiger charge is -2.29. The van der Waals surface area contributed by atoms with Gasteiger partial charge in [0.2, 0.25) is 0 Å². The zero-order valence-electron chi connectivity index (χ0n) is 18.6. The number of benzene rings is 1. The van der Waals surface area contributed by atoms with E-state index in [2.05, 4.69) is 25.3 Å². The Hall–Kier alpha value is -2.78. The number of rotatable bonds is 7. The van der Waals surface area contributed by atoms with Crippen LogP contribution in [0.5, 0.6) is 5.75 Å². The highest BCUT2D eigenvalue weighted by Gasteiger charge is 2.34. The second-order valence-corrected chi connectivity index (χ2v) is 8.66. The van der Waals surface area contributed by atoms with Crippen molar-refractivity contribution < 1.29 is 18.8 Å². The Labute approximate surface area is 197 Å². The number of aromatic nitrogens is 2. The van der Waals surface area contributed by atoms with Crippen LogP contribution >= 0.6 is 11.8 Å². The van der Waals surface area contributed by atoms with Crippen molar-refractivity contribution >= 4 is 23.4 Å². The number of nitrogens with one attached hydrogen (secondary N) is 2. The Morgan fingerprint density at radius 1 is 1.24 bits per heavy atom. The molecule has 10 heteroatoms. The maximum absolute atomic E-state index is 13.6. The van der Waals surface area contributed by atoms with E-state index < -0.39 is 5.82 Å². The number of methoxy groups -OCH3 is 1. The maximum Gasteiger partial charge on any atom is 0.270 e. The third-order valence-electron chi connectivity index (χ3n) is 6.18. The molecule has 0 radical (unpaired) electrons. The number of nitrogens with zero attached hydrogens (tertiary/aromatic N) is 3. The van der Waals surface area contributed by atoms with Crippen molar-refractivity contribution in [1.82, 2.24) is 20.1 Å². The van der Waals surface area contributed by atoms with E-state index in [1.165, 1.54) is 13.2 Å². The molecular weight excluding hydrogens is 449 g/mol. The number of oxime groups is 1. The van der Waals surface area contributed by atoms with Crippen LogP contribution in [0.15, 0.2) is 29.4 Å². The second-order valence-electron chi connectivity index (χ2n) is 8.44. The fourth-order valence-electron chi connectivity index (χ4n) is 4.32. The summed E-state index contributed by atoms with van der Waals surface area (Å²) in [6, 6.07) is 6.43. The van der Waals surface area contributed by atoms with E-state index in [0.29, 0.717) is 35.5 Å². The first kappa shape index (κ1) is 23.4. The molecule has 1 aromatic carbocycles. The zero-order valence-corrected chi connectivity index (χ0v) is 19.4. The predicted octanol–water partition coefficient (Wildman–Crippen LogP) is 3.66. The van der Waals surface area contributed by atoms with Crippen LogP contribution in [0.4, 0.5) is 4.39 Å². The highest BCUT2D eigenvalue weighted by molar-refractivity contribution is 6.13. The molecule has 1 fully saturated rings. The minimum absolute atomic E-state index is 0.0114. The van der Waals surface area contributed by atoms with E-state index in [1.807, 2.05) is 0 Å². The van der Waals surface area contributed by atoms with Crippen LogP contribution in [0.1, 0.15) is 59.7 Å². The van der Waals surface area contributed by atoms with Crippen molar-refractivity contribution in [3.05, 3.63) is 52.9 Å². The molecule has 0 saturated heterocycles. The lowest BCUT2D eigenvalue weighted by molar-refractivity contribution is 0.0243. The third-order valence-corrected chi connectivity index (χ3v) is 6.49. The number of hydrogen-bond donors (Lipinski definition) is 2. The average molecular weight is 476 g/mol. The largest absolute Gasteiger partial charge is 0.494 e. The van der Waals surface area contributed by atoms with Crippen LogP contribution in [0.3, 0.4) is 0 Å². The summed E-state index contributed by atoms with van der Waals surface area (Å²) in [5.41, 5.74) is 2.27. The van der Waals surface area contributed by atoms with Crippen molar-refractivity contribution in [2.75, 3.05) is 7.11 Å². The van der Waals surface area contributed by atoms with E-state index in [-0.39, 0.29) is 30.0 Å². The lowest BCUT2D eigenvalue weighted by Crippen LogP contribution is -2.32. The first-order chi connectivity index (χ1) is 16.0. The Bertz CT molecular complexity index is 1040. The molecule has 2 heterocycles. The topological polar surface area (TPSA) is 97.7 Å². The number of amides is 1. The fraction of sp³-hybridized carbons (Fsp3) is 0.478. The van der Waals surface area contributed by atoms with Gasteiger partial charge >= 0.3 is 0 Å². The van der Waals surface area contributed by atoms with Gasteiger partial charge in [-0.2, -0.15) is 0 Å². The number of carbonyl (C=O) groups is 1. The van der Waals surface area contributed by atoms with Crippen molar-refractivity contribution in [3.8, 4) is 5.75 Å². The highest BCUT2D eigenvalue weighted by atomic mass is 35.5. The Morgan fingerprint density at radius 3 is 2.76 bits per heavy atom. The predicted molar refractivity (Wildman–Crippen MR) is 122 cm³/mol. The molecule has 0 spiro atoms. The second kappa shape index (κ2) is 10.4. The standard InChI is InChI=1S/C23H27ClFN5O3/c1-13-27-18(19-11-21(33-30-19)15-4-6-16(29-24)7-5-15)10-20(28-13)23(31)26-12-14-3-8-17(25)22(9-14)32-2/h3,8-10,15-16,21,29H,4-7,11-12H2,1-2H3,(H,26,31). The molecule has 1 saturated carbocycles. The van der Waals surface area contributed by atoms with Crippen LogP contribution in [-0.4, -0.2) is 40.8 Å². The summed E-state index contributed by atoms with van der Waals surface area (Å²) in [5, 5.41) is 7.07. The number of aryl methyl sites for hydroxylation is 1. The van der Waals surface area contributed by atoms with Gasteiger partial charge in [0.1, 0.15) is 23.3 Å². The van der Waals surface area contributed by atoms with Crippen molar-refractivity contribution in [3.63, 3.8) is 0 Å². The normalized spacial score (nSPS) is 22.4. The van der Waals surface area contributed by atoms with Gasteiger partial charge in [0, 0.05) is 19.0 Å².